The number of hydrogen-bond donors (Lipinski definition) is 0. The molecule has 1 aliphatic rings. The lowest BCUT2D eigenvalue weighted by molar-refractivity contribution is 0.641. The van der Waals surface area contributed by atoms with Crippen LogP contribution in [0.5, 0.6) is 0 Å². The van der Waals surface area contributed by atoms with Crippen LogP contribution in [0.4, 0.5) is 11.6 Å². The van der Waals surface area contributed by atoms with Gasteiger partial charge in [0.15, 0.2) is 0 Å². The number of nitrogens with zero attached hydrogens (tertiary/aromatic N) is 5. The number of benzene rings is 1. The second-order valence-electron chi connectivity index (χ2n) is 5.97. The first-order valence-electron chi connectivity index (χ1n) is 8.04. The second kappa shape index (κ2) is 6.24. The van der Waals surface area contributed by atoms with Crippen molar-refractivity contribution in [2.45, 2.75) is 6.92 Å². The Balaban J connectivity index is 1.55. The number of aryl methyl sites for hydroxylation is 1. The quantitative estimate of drug-likeness (QED) is 0.716. The van der Waals surface area contributed by atoms with Crippen molar-refractivity contribution in [1.29, 1.82) is 0 Å². The van der Waals surface area contributed by atoms with Crippen LogP contribution in [0.2, 0.25) is 5.02 Å². The molecule has 1 aliphatic heterocycles. The number of rotatable bonds is 2. The van der Waals surface area contributed by atoms with Gasteiger partial charge >= 0.3 is 0 Å². The molecule has 1 aromatic carbocycles. The molecule has 0 aliphatic carbocycles. The molecular formula is C18H18ClN5. The Labute approximate surface area is 145 Å². The molecule has 0 radical (unpaired) electrons. The van der Waals surface area contributed by atoms with Crippen LogP contribution in [0.1, 0.15) is 5.56 Å². The normalized spacial score (nSPS) is 15.1. The van der Waals surface area contributed by atoms with Crippen molar-refractivity contribution in [2.24, 2.45) is 0 Å². The van der Waals surface area contributed by atoms with Crippen molar-refractivity contribution in [3.05, 3.63) is 53.4 Å². The summed E-state index contributed by atoms with van der Waals surface area (Å²) in [6.07, 6.45) is 5.25. The van der Waals surface area contributed by atoms with E-state index in [2.05, 4.69) is 38.8 Å². The first kappa shape index (κ1) is 15.1. The van der Waals surface area contributed by atoms with Crippen molar-refractivity contribution in [3.63, 3.8) is 0 Å². The molecule has 122 valence electrons. The summed E-state index contributed by atoms with van der Waals surface area (Å²) in [5.41, 5.74) is 2.13. The van der Waals surface area contributed by atoms with E-state index in [0.717, 1.165) is 59.3 Å². The van der Waals surface area contributed by atoms with Crippen LogP contribution in [0, 0.1) is 6.92 Å². The lowest BCUT2D eigenvalue weighted by Gasteiger charge is -2.36. The van der Waals surface area contributed by atoms with Gasteiger partial charge in [0.1, 0.15) is 11.6 Å². The maximum atomic E-state index is 6.28. The van der Waals surface area contributed by atoms with E-state index in [1.807, 2.05) is 18.3 Å². The molecule has 6 heteroatoms. The molecule has 0 unspecified atom stereocenters. The standard InChI is InChI=1S/C18H18ClN5/c1-13-2-4-15(19)14-3-5-16(22-18(13)14)23-8-10-24(11-9-23)17-12-20-6-7-21-17/h2-7,12H,8-11H2,1H3. The van der Waals surface area contributed by atoms with Crippen LogP contribution in [0.3, 0.4) is 0 Å². The van der Waals surface area contributed by atoms with Crippen molar-refractivity contribution >= 4 is 34.1 Å². The molecule has 1 saturated heterocycles. The molecule has 0 N–H and O–H groups in total. The number of halogens is 1. The van der Waals surface area contributed by atoms with Crippen LogP contribution in [0.15, 0.2) is 42.9 Å². The van der Waals surface area contributed by atoms with Crippen LogP contribution in [-0.4, -0.2) is 41.1 Å². The predicted molar refractivity (Wildman–Crippen MR) is 97.9 cm³/mol. The highest BCUT2D eigenvalue weighted by Gasteiger charge is 2.19. The third-order valence-corrected chi connectivity index (χ3v) is 4.80. The molecule has 3 aromatic rings. The van der Waals surface area contributed by atoms with E-state index in [-0.39, 0.29) is 0 Å². The largest absolute Gasteiger partial charge is 0.353 e. The fourth-order valence-electron chi connectivity index (χ4n) is 3.10. The van der Waals surface area contributed by atoms with E-state index in [1.54, 1.807) is 12.4 Å². The van der Waals surface area contributed by atoms with Gasteiger partial charge in [-0.05, 0) is 30.7 Å². The molecule has 0 spiro atoms. The number of piperazine rings is 1. The average Bonchev–Trinajstić information content (AvgIpc) is 2.65. The van der Waals surface area contributed by atoms with E-state index in [1.165, 1.54) is 0 Å². The van der Waals surface area contributed by atoms with E-state index < -0.39 is 0 Å². The summed E-state index contributed by atoms with van der Waals surface area (Å²) in [7, 11) is 0. The Morgan fingerprint density at radius 1 is 0.917 bits per heavy atom. The molecule has 2 aromatic heterocycles. The van der Waals surface area contributed by atoms with E-state index in [0.29, 0.717) is 0 Å². The highest BCUT2D eigenvalue weighted by atomic mass is 35.5. The molecule has 0 amide bonds. The van der Waals surface area contributed by atoms with Gasteiger partial charge in [-0.3, -0.25) is 4.98 Å². The van der Waals surface area contributed by atoms with Crippen LogP contribution >= 0.6 is 11.6 Å². The van der Waals surface area contributed by atoms with Gasteiger partial charge < -0.3 is 9.80 Å². The lowest BCUT2D eigenvalue weighted by atomic mass is 10.1. The summed E-state index contributed by atoms with van der Waals surface area (Å²) >= 11 is 6.28. The molecule has 3 heterocycles. The van der Waals surface area contributed by atoms with Crippen molar-refractivity contribution in [1.82, 2.24) is 15.0 Å². The first-order chi connectivity index (χ1) is 11.7. The Hall–Kier alpha value is -2.40. The topological polar surface area (TPSA) is 45.2 Å². The van der Waals surface area contributed by atoms with Crippen molar-refractivity contribution in [2.75, 3.05) is 36.0 Å². The fraction of sp³-hybridized carbons (Fsp3) is 0.278. The summed E-state index contributed by atoms with van der Waals surface area (Å²) in [6.45, 7) is 5.71. The second-order valence-corrected chi connectivity index (χ2v) is 6.37. The van der Waals surface area contributed by atoms with Crippen LogP contribution < -0.4 is 9.80 Å². The monoisotopic (exact) mass is 339 g/mol. The number of hydrogen-bond acceptors (Lipinski definition) is 5. The van der Waals surface area contributed by atoms with E-state index in [4.69, 9.17) is 16.6 Å². The molecule has 0 saturated carbocycles. The molecule has 1 fully saturated rings. The average molecular weight is 340 g/mol. The van der Waals surface area contributed by atoms with Gasteiger partial charge in [0.2, 0.25) is 0 Å². The first-order valence-corrected chi connectivity index (χ1v) is 8.42. The molecule has 0 bridgehead atoms. The Morgan fingerprint density at radius 2 is 1.67 bits per heavy atom. The number of anilines is 2. The van der Waals surface area contributed by atoms with Crippen LogP contribution in [0.25, 0.3) is 10.9 Å². The van der Waals surface area contributed by atoms with Gasteiger partial charge in [-0.2, -0.15) is 0 Å². The maximum Gasteiger partial charge on any atom is 0.147 e. The summed E-state index contributed by atoms with van der Waals surface area (Å²) in [4.78, 5) is 17.9. The van der Waals surface area contributed by atoms with Crippen molar-refractivity contribution in [3.8, 4) is 0 Å². The zero-order chi connectivity index (χ0) is 16.5. The predicted octanol–water partition coefficient (Wildman–Crippen LogP) is 3.31. The van der Waals surface area contributed by atoms with Gasteiger partial charge in [0.05, 0.1) is 11.7 Å². The highest BCUT2D eigenvalue weighted by Crippen LogP contribution is 2.27. The van der Waals surface area contributed by atoms with Gasteiger partial charge in [0, 0.05) is 49.0 Å². The summed E-state index contributed by atoms with van der Waals surface area (Å²) in [5, 5.41) is 1.76. The maximum absolute atomic E-state index is 6.28. The Morgan fingerprint density at radius 3 is 2.38 bits per heavy atom. The Bertz CT molecular complexity index is 860. The lowest BCUT2D eigenvalue weighted by Crippen LogP contribution is -2.47. The molecule has 5 nitrogen and oxygen atoms in total. The van der Waals surface area contributed by atoms with Gasteiger partial charge in [0.25, 0.3) is 0 Å². The smallest absolute Gasteiger partial charge is 0.147 e. The third-order valence-electron chi connectivity index (χ3n) is 4.47. The van der Waals surface area contributed by atoms with E-state index >= 15 is 0 Å². The fourth-order valence-corrected chi connectivity index (χ4v) is 3.32. The molecule has 4 rings (SSSR count). The molecular weight excluding hydrogens is 322 g/mol. The minimum absolute atomic E-state index is 0.752. The van der Waals surface area contributed by atoms with Crippen LogP contribution in [-0.2, 0) is 0 Å². The summed E-state index contributed by atoms with van der Waals surface area (Å²) in [6, 6.07) is 8.08. The number of fused-ring (bicyclic) bond motifs is 1. The minimum atomic E-state index is 0.752. The molecule has 0 atom stereocenters. The third kappa shape index (κ3) is 2.76. The zero-order valence-electron chi connectivity index (χ0n) is 13.5. The number of aromatic nitrogens is 3. The minimum Gasteiger partial charge on any atom is -0.353 e. The van der Waals surface area contributed by atoms with Gasteiger partial charge in [-0.25, -0.2) is 9.97 Å². The SMILES string of the molecule is Cc1ccc(Cl)c2ccc(N3CCN(c4cnccn4)CC3)nc12. The Kier molecular flexibility index (Phi) is 3.94. The zero-order valence-corrected chi connectivity index (χ0v) is 14.2. The van der Waals surface area contributed by atoms with Crippen molar-refractivity contribution < 1.29 is 0 Å². The highest BCUT2D eigenvalue weighted by molar-refractivity contribution is 6.35. The molecule has 24 heavy (non-hydrogen) atoms. The van der Waals surface area contributed by atoms with E-state index in [9.17, 15) is 0 Å². The summed E-state index contributed by atoms with van der Waals surface area (Å²) in [5.74, 6) is 1.94. The number of pyridine rings is 1. The van der Waals surface area contributed by atoms with Gasteiger partial charge in [-0.1, -0.05) is 17.7 Å². The summed E-state index contributed by atoms with van der Waals surface area (Å²) < 4.78 is 0. The van der Waals surface area contributed by atoms with Gasteiger partial charge in [-0.15, -0.1) is 0 Å².